The van der Waals surface area contributed by atoms with Crippen LogP contribution in [0.3, 0.4) is 0 Å². The molecule has 2 aromatic carbocycles. The van der Waals surface area contributed by atoms with Crippen LogP contribution in [0.2, 0.25) is 0 Å². The van der Waals surface area contributed by atoms with Crippen LogP contribution in [-0.2, 0) is 11.8 Å². The summed E-state index contributed by atoms with van der Waals surface area (Å²) in [4.78, 5) is 3.86. The summed E-state index contributed by atoms with van der Waals surface area (Å²) >= 11 is 0. The molecule has 1 aliphatic carbocycles. The van der Waals surface area contributed by atoms with Crippen LogP contribution < -0.4 is 0 Å². The molecule has 1 aromatic heterocycles. The second-order valence-electron chi connectivity index (χ2n) is 7.40. The normalized spacial score (nSPS) is 24.9. The highest BCUT2D eigenvalue weighted by molar-refractivity contribution is 5.78. The Labute approximate surface area is 196 Å². The largest absolute Gasteiger partial charge is 0.382 e. The van der Waals surface area contributed by atoms with E-state index in [0.29, 0.717) is 18.3 Å². The number of pyridine rings is 1. The number of rotatable bonds is 2. The van der Waals surface area contributed by atoms with Crippen molar-refractivity contribution in [2.24, 2.45) is 0 Å². The lowest BCUT2D eigenvalue weighted by Crippen LogP contribution is -2.64. The van der Waals surface area contributed by atoms with E-state index in [-0.39, 0.29) is 17.3 Å². The van der Waals surface area contributed by atoms with E-state index in [9.17, 15) is 26.3 Å². The standard InChI is InChI=1S/C24H17F8N/c1-12-7-8-15(19-9-13(2)14(3)11-33-19)10-17(12)16-5-4-6-18-20(16)22(27,28)24(31,32)23(29,30)21(18,25)26/h4-11H,1-3H3/i1D3,2D3,3D3. The Hall–Kier alpha value is -2.97. The molecule has 1 heterocycles. The number of hydrogen-bond acceptors (Lipinski definition) is 1. The van der Waals surface area contributed by atoms with E-state index >= 15 is 8.78 Å². The van der Waals surface area contributed by atoms with Gasteiger partial charge in [-0.25, -0.2) is 0 Å². The van der Waals surface area contributed by atoms with Crippen molar-refractivity contribution in [2.45, 2.75) is 44.2 Å². The summed E-state index contributed by atoms with van der Waals surface area (Å²) in [5.41, 5.74) is -9.24. The molecule has 0 atom stereocenters. The molecule has 0 aliphatic heterocycles. The number of alkyl halides is 8. The first-order valence-corrected chi connectivity index (χ1v) is 9.09. The van der Waals surface area contributed by atoms with Gasteiger partial charge in [-0.3, -0.25) is 4.98 Å². The van der Waals surface area contributed by atoms with Crippen molar-refractivity contribution in [3.63, 3.8) is 0 Å². The molecule has 4 rings (SSSR count). The molecule has 0 unspecified atom stereocenters. The van der Waals surface area contributed by atoms with Crippen molar-refractivity contribution in [1.29, 1.82) is 0 Å². The Morgan fingerprint density at radius 1 is 0.697 bits per heavy atom. The molecule has 33 heavy (non-hydrogen) atoms. The van der Waals surface area contributed by atoms with Crippen LogP contribution >= 0.6 is 0 Å². The zero-order valence-corrected chi connectivity index (χ0v) is 16.1. The van der Waals surface area contributed by atoms with Gasteiger partial charge in [0.2, 0.25) is 0 Å². The van der Waals surface area contributed by atoms with Crippen molar-refractivity contribution >= 4 is 0 Å². The summed E-state index contributed by atoms with van der Waals surface area (Å²) in [7, 11) is 0. The van der Waals surface area contributed by atoms with Gasteiger partial charge in [0, 0.05) is 35.2 Å². The third-order valence-corrected chi connectivity index (χ3v) is 5.41. The zero-order valence-electron chi connectivity index (χ0n) is 25.1. The molecule has 0 N–H and O–H groups in total. The van der Waals surface area contributed by atoms with Gasteiger partial charge in [0.25, 0.3) is 0 Å². The highest BCUT2D eigenvalue weighted by Crippen LogP contribution is 2.65. The molecule has 174 valence electrons. The van der Waals surface area contributed by atoms with Crippen LogP contribution in [-0.4, -0.2) is 16.8 Å². The van der Waals surface area contributed by atoms with Gasteiger partial charge in [-0.15, -0.1) is 0 Å². The van der Waals surface area contributed by atoms with Crippen molar-refractivity contribution in [1.82, 2.24) is 4.98 Å². The van der Waals surface area contributed by atoms with Gasteiger partial charge in [-0.1, -0.05) is 30.3 Å². The molecule has 0 saturated carbocycles. The Morgan fingerprint density at radius 3 is 2.03 bits per heavy atom. The highest BCUT2D eigenvalue weighted by atomic mass is 19.4. The topological polar surface area (TPSA) is 12.9 Å². The van der Waals surface area contributed by atoms with E-state index in [2.05, 4.69) is 4.98 Å². The molecule has 0 spiro atoms. The van der Waals surface area contributed by atoms with Crippen LogP contribution in [0.25, 0.3) is 22.4 Å². The van der Waals surface area contributed by atoms with E-state index in [4.69, 9.17) is 12.3 Å². The van der Waals surface area contributed by atoms with Gasteiger partial charge in [0.1, 0.15) is 0 Å². The van der Waals surface area contributed by atoms with E-state index in [1.165, 1.54) is 0 Å². The van der Waals surface area contributed by atoms with E-state index in [0.717, 1.165) is 24.3 Å². The van der Waals surface area contributed by atoms with E-state index in [1.54, 1.807) is 0 Å². The Morgan fingerprint density at radius 2 is 1.36 bits per heavy atom. The summed E-state index contributed by atoms with van der Waals surface area (Å²) in [5, 5.41) is 0. The average Bonchev–Trinajstić information content (AvgIpc) is 2.85. The number of aromatic nitrogens is 1. The first-order valence-electron chi connectivity index (χ1n) is 13.6. The summed E-state index contributed by atoms with van der Waals surface area (Å²) < 4.78 is 186. The van der Waals surface area contributed by atoms with Crippen LogP contribution in [0.1, 0.15) is 40.2 Å². The monoisotopic (exact) mass is 480 g/mol. The predicted molar refractivity (Wildman–Crippen MR) is 107 cm³/mol. The number of aryl methyl sites for hydroxylation is 3. The quantitative estimate of drug-likeness (QED) is 0.341. The minimum Gasteiger partial charge on any atom is -0.256 e. The summed E-state index contributed by atoms with van der Waals surface area (Å²) in [6.07, 6.45) is 0.698. The van der Waals surface area contributed by atoms with Crippen LogP contribution in [0, 0.1) is 20.6 Å². The number of fused-ring (bicyclic) bond motifs is 1. The smallest absolute Gasteiger partial charge is 0.256 e. The molecule has 1 nitrogen and oxygen atoms in total. The Bertz CT molecular complexity index is 1560. The maximum atomic E-state index is 15.1. The lowest BCUT2D eigenvalue weighted by molar-refractivity contribution is -0.386. The molecule has 0 bridgehead atoms. The lowest BCUT2D eigenvalue weighted by atomic mass is 9.76. The van der Waals surface area contributed by atoms with Gasteiger partial charge in [0.05, 0.1) is 5.69 Å². The number of hydrogen-bond donors (Lipinski definition) is 0. The fourth-order valence-corrected chi connectivity index (χ4v) is 3.64. The maximum Gasteiger partial charge on any atom is 0.382 e. The summed E-state index contributed by atoms with van der Waals surface area (Å²) in [6, 6.07) is 4.62. The lowest BCUT2D eigenvalue weighted by Gasteiger charge is -2.43. The van der Waals surface area contributed by atoms with Gasteiger partial charge >= 0.3 is 23.7 Å². The number of halogens is 8. The maximum absolute atomic E-state index is 15.1. The molecule has 3 aromatic rings. The van der Waals surface area contributed by atoms with Crippen LogP contribution in [0.15, 0.2) is 48.7 Å². The molecule has 9 heteroatoms. The van der Waals surface area contributed by atoms with Crippen molar-refractivity contribution in [2.75, 3.05) is 0 Å². The molecule has 0 saturated heterocycles. The van der Waals surface area contributed by atoms with Gasteiger partial charge in [0.15, 0.2) is 0 Å². The molecule has 0 fully saturated rings. The number of nitrogens with zero attached hydrogens (tertiary/aromatic N) is 1. The summed E-state index contributed by atoms with van der Waals surface area (Å²) in [6.45, 7) is -9.12. The second kappa shape index (κ2) is 7.01. The third kappa shape index (κ3) is 3.00. The fourth-order valence-electron chi connectivity index (χ4n) is 3.64. The molecule has 1 aliphatic rings. The zero-order chi connectivity index (χ0) is 32.1. The number of benzene rings is 2. The SMILES string of the molecule is [2H]C([2H])([2H])c1ccc(-c2cc(C([2H])([2H])[2H])c(C([2H])([2H])[2H])cn2)cc1-c1cccc2c1C(F)(F)C(F)(F)C(F)(F)C2(F)F. The van der Waals surface area contributed by atoms with Crippen LogP contribution in [0.5, 0.6) is 0 Å². The van der Waals surface area contributed by atoms with Gasteiger partial charge in [-0.2, -0.15) is 35.1 Å². The minimum absolute atomic E-state index is 0.104. The highest BCUT2D eigenvalue weighted by Gasteiger charge is 2.85. The Balaban J connectivity index is 2.08. The molecule has 0 radical (unpaired) electrons. The third-order valence-electron chi connectivity index (χ3n) is 5.41. The minimum atomic E-state index is -6.61. The first-order chi connectivity index (χ1) is 18.8. The van der Waals surface area contributed by atoms with E-state index < -0.39 is 83.2 Å². The van der Waals surface area contributed by atoms with Gasteiger partial charge in [-0.05, 0) is 60.5 Å². The predicted octanol–water partition coefficient (Wildman–Crippen LogP) is 7.81. The average molecular weight is 480 g/mol. The Kier molecular flexibility index (Phi) is 3.04. The van der Waals surface area contributed by atoms with Crippen LogP contribution in [0.4, 0.5) is 35.1 Å². The molecular formula is C24H17F8N. The van der Waals surface area contributed by atoms with Crippen molar-refractivity contribution < 1.29 is 47.5 Å². The molecular weight excluding hydrogens is 454 g/mol. The summed E-state index contributed by atoms with van der Waals surface area (Å²) in [5.74, 6) is -24.8. The first kappa shape index (κ1) is 14.3. The van der Waals surface area contributed by atoms with Crippen molar-refractivity contribution in [3.8, 4) is 22.4 Å². The molecule has 0 amide bonds. The van der Waals surface area contributed by atoms with E-state index in [1.807, 2.05) is 0 Å². The fraction of sp³-hybridized carbons (Fsp3) is 0.292. The van der Waals surface area contributed by atoms with Gasteiger partial charge < -0.3 is 0 Å². The van der Waals surface area contributed by atoms with Crippen molar-refractivity contribution in [3.05, 3.63) is 76.5 Å². The second-order valence-corrected chi connectivity index (χ2v) is 7.40.